The van der Waals surface area contributed by atoms with Gasteiger partial charge in [-0.15, -0.1) is 0 Å². The van der Waals surface area contributed by atoms with Crippen molar-refractivity contribution >= 4 is 5.69 Å². The Kier molecular flexibility index (Phi) is 3.16. The van der Waals surface area contributed by atoms with Crippen LogP contribution in [-0.4, -0.2) is 32.4 Å². The van der Waals surface area contributed by atoms with Gasteiger partial charge < -0.3 is 14.4 Å². The fraction of sp³-hybridized carbons (Fsp3) is 0.600. The molecule has 1 aromatic carbocycles. The molecule has 0 saturated carbocycles. The number of benzene rings is 1. The lowest BCUT2D eigenvalue weighted by atomic mass is 10.1. The summed E-state index contributed by atoms with van der Waals surface area (Å²) in [6.45, 7) is 8.10. The van der Waals surface area contributed by atoms with E-state index in [1.54, 1.807) is 0 Å². The third-order valence-electron chi connectivity index (χ3n) is 3.80. The second-order valence-electron chi connectivity index (χ2n) is 5.54. The lowest BCUT2D eigenvalue weighted by Gasteiger charge is -2.26. The molecule has 2 heterocycles. The summed E-state index contributed by atoms with van der Waals surface area (Å²) in [5.74, 6) is 1.58. The van der Waals surface area contributed by atoms with Crippen LogP contribution in [0.4, 0.5) is 5.69 Å². The first-order valence-electron chi connectivity index (χ1n) is 6.84. The van der Waals surface area contributed by atoms with Crippen LogP contribution >= 0.6 is 0 Å². The van der Waals surface area contributed by atoms with Gasteiger partial charge in [0.1, 0.15) is 5.75 Å². The molecule has 1 saturated heterocycles. The standard InChI is InChI=1S/C15H21NO2/c1-11(2)16-6-5-13-3-4-14(7-15(13)16)18-10-12-8-17-9-12/h3-4,7,11-12H,5-6,8-10H2,1-2H3. The van der Waals surface area contributed by atoms with Crippen molar-refractivity contribution in [2.24, 2.45) is 5.92 Å². The van der Waals surface area contributed by atoms with Gasteiger partial charge in [0.05, 0.1) is 19.8 Å². The van der Waals surface area contributed by atoms with Crippen molar-refractivity contribution in [3.05, 3.63) is 23.8 Å². The van der Waals surface area contributed by atoms with E-state index < -0.39 is 0 Å². The van der Waals surface area contributed by atoms with Crippen molar-refractivity contribution in [1.82, 2.24) is 0 Å². The van der Waals surface area contributed by atoms with Crippen molar-refractivity contribution in [3.63, 3.8) is 0 Å². The first-order valence-corrected chi connectivity index (χ1v) is 6.84. The van der Waals surface area contributed by atoms with Crippen molar-refractivity contribution in [3.8, 4) is 5.75 Å². The van der Waals surface area contributed by atoms with E-state index >= 15 is 0 Å². The molecule has 2 aliphatic rings. The highest BCUT2D eigenvalue weighted by molar-refractivity contribution is 5.61. The summed E-state index contributed by atoms with van der Waals surface area (Å²) in [5.41, 5.74) is 2.80. The predicted molar refractivity (Wildman–Crippen MR) is 72.4 cm³/mol. The van der Waals surface area contributed by atoms with E-state index in [-0.39, 0.29) is 0 Å². The summed E-state index contributed by atoms with van der Waals surface area (Å²) in [6, 6.07) is 7.07. The number of hydrogen-bond donors (Lipinski definition) is 0. The molecule has 0 unspecified atom stereocenters. The molecule has 0 radical (unpaired) electrons. The lowest BCUT2D eigenvalue weighted by molar-refractivity contribution is -0.0508. The van der Waals surface area contributed by atoms with Crippen molar-refractivity contribution in [2.75, 3.05) is 31.3 Å². The number of ether oxygens (including phenoxy) is 2. The molecule has 0 bridgehead atoms. The SMILES string of the molecule is CC(C)N1CCc2ccc(OCC3COC3)cc21. The Bertz CT molecular complexity index is 427. The fourth-order valence-electron chi connectivity index (χ4n) is 2.60. The Hall–Kier alpha value is -1.22. The van der Waals surface area contributed by atoms with Crippen molar-refractivity contribution in [2.45, 2.75) is 26.3 Å². The maximum atomic E-state index is 5.86. The van der Waals surface area contributed by atoms with Crippen LogP contribution in [0.3, 0.4) is 0 Å². The zero-order valence-electron chi connectivity index (χ0n) is 11.2. The minimum Gasteiger partial charge on any atom is -0.493 e. The second-order valence-corrected chi connectivity index (χ2v) is 5.54. The summed E-state index contributed by atoms with van der Waals surface area (Å²) in [6.07, 6.45) is 1.16. The van der Waals surface area contributed by atoms with Crippen LogP contribution in [0.2, 0.25) is 0 Å². The fourth-order valence-corrected chi connectivity index (χ4v) is 2.60. The van der Waals surface area contributed by atoms with Crippen LogP contribution in [0.1, 0.15) is 19.4 Å². The van der Waals surface area contributed by atoms with Crippen LogP contribution in [0.25, 0.3) is 0 Å². The molecule has 3 heteroatoms. The van der Waals surface area contributed by atoms with E-state index in [0.717, 1.165) is 38.5 Å². The molecule has 0 amide bonds. The van der Waals surface area contributed by atoms with Crippen LogP contribution in [-0.2, 0) is 11.2 Å². The topological polar surface area (TPSA) is 21.7 Å². The van der Waals surface area contributed by atoms with Gasteiger partial charge in [0.2, 0.25) is 0 Å². The van der Waals surface area contributed by atoms with E-state index in [1.807, 2.05) is 0 Å². The van der Waals surface area contributed by atoms with Crippen LogP contribution in [0.5, 0.6) is 5.75 Å². The van der Waals surface area contributed by atoms with E-state index in [0.29, 0.717) is 12.0 Å². The first kappa shape index (κ1) is 11.8. The Balaban J connectivity index is 1.71. The quantitative estimate of drug-likeness (QED) is 0.816. The molecule has 18 heavy (non-hydrogen) atoms. The zero-order chi connectivity index (χ0) is 12.5. The van der Waals surface area contributed by atoms with Crippen molar-refractivity contribution < 1.29 is 9.47 Å². The van der Waals surface area contributed by atoms with Gasteiger partial charge in [-0.25, -0.2) is 0 Å². The van der Waals surface area contributed by atoms with Gasteiger partial charge in [0.25, 0.3) is 0 Å². The molecule has 3 nitrogen and oxygen atoms in total. The Morgan fingerprint density at radius 1 is 1.39 bits per heavy atom. The summed E-state index contributed by atoms with van der Waals surface area (Å²) in [5, 5.41) is 0. The van der Waals surface area contributed by atoms with Gasteiger partial charge in [-0.2, -0.15) is 0 Å². The highest BCUT2D eigenvalue weighted by Gasteiger charge is 2.22. The average Bonchev–Trinajstić information content (AvgIpc) is 2.69. The lowest BCUT2D eigenvalue weighted by Crippen LogP contribution is -2.32. The Morgan fingerprint density at radius 3 is 2.89 bits per heavy atom. The van der Waals surface area contributed by atoms with E-state index in [2.05, 4.69) is 36.9 Å². The summed E-state index contributed by atoms with van der Waals surface area (Å²) in [4.78, 5) is 2.45. The molecule has 1 aromatic rings. The van der Waals surface area contributed by atoms with Gasteiger partial charge in [-0.1, -0.05) is 6.07 Å². The molecule has 98 valence electrons. The average molecular weight is 247 g/mol. The first-order chi connectivity index (χ1) is 8.74. The molecule has 0 spiro atoms. The maximum absolute atomic E-state index is 5.86. The minimum atomic E-state index is 0.557. The van der Waals surface area contributed by atoms with E-state index in [1.165, 1.54) is 11.3 Å². The van der Waals surface area contributed by atoms with Gasteiger partial charge >= 0.3 is 0 Å². The number of anilines is 1. The molecule has 1 fully saturated rings. The Labute approximate surface area is 109 Å². The highest BCUT2D eigenvalue weighted by Crippen LogP contribution is 2.33. The monoisotopic (exact) mass is 247 g/mol. The van der Waals surface area contributed by atoms with Crippen LogP contribution < -0.4 is 9.64 Å². The third kappa shape index (κ3) is 2.19. The smallest absolute Gasteiger partial charge is 0.121 e. The van der Waals surface area contributed by atoms with Gasteiger partial charge in [-0.05, 0) is 31.9 Å². The summed E-state index contributed by atoms with van der Waals surface area (Å²) < 4.78 is 11.0. The molecule has 0 N–H and O–H groups in total. The zero-order valence-corrected chi connectivity index (χ0v) is 11.2. The number of hydrogen-bond acceptors (Lipinski definition) is 3. The number of rotatable bonds is 4. The minimum absolute atomic E-state index is 0.557. The third-order valence-corrected chi connectivity index (χ3v) is 3.80. The largest absolute Gasteiger partial charge is 0.493 e. The van der Waals surface area contributed by atoms with Gasteiger partial charge in [-0.3, -0.25) is 0 Å². The Morgan fingerprint density at radius 2 is 2.22 bits per heavy atom. The van der Waals surface area contributed by atoms with Gasteiger partial charge in [0.15, 0.2) is 0 Å². The number of fused-ring (bicyclic) bond motifs is 1. The van der Waals surface area contributed by atoms with E-state index in [4.69, 9.17) is 9.47 Å². The normalized spacial score (nSPS) is 18.9. The molecular formula is C15H21NO2. The van der Waals surface area contributed by atoms with Crippen molar-refractivity contribution in [1.29, 1.82) is 0 Å². The molecule has 0 aliphatic carbocycles. The second kappa shape index (κ2) is 4.81. The maximum Gasteiger partial charge on any atom is 0.121 e. The summed E-state index contributed by atoms with van der Waals surface area (Å²) in [7, 11) is 0. The molecule has 3 rings (SSSR count). The van der Waals surface area contributed by atoms with Crippen LogP contribution in [0.15, 0.2) is 18.2 Å². The molecule has 0 atom stereocenters. The predicted octanol–water partition coefficient (Wildman–Crippen LogP) is 2.48. The van der Waals surface area contributed by atoms with Crippen LogP contribution in [0, 0.1) is 5.92 Å². The molecule has 0 aromatic heterocycles. The highest BCUT2D eigenvalue weighted by atomic mass is 16.5. The summed E-state index contributed by atoms with van der Waals surface area (Å²) >= 11 is 0. The number of nitrogens with zero attached hydrogens (tertiary/aromatic N) is 1. The van der Waals surface area contributed by atoms with Gasteiger partial charge in [0, 0.05) is 30.3 Å². The molecular weight excluding hydrogens is 226 g/mol. The van der Waals surface area contributed by atoms with E-state index in [9.17, 15) is 0 Å². The molecule has 2 aliphatic heterocycles.